The van der Waals surface area contributed by atoms with Crippen LogP contribution in [0, 0.1) is 12.8 Å². The Labute approximate surface area is 150 Å². The van der Waals surface area contributed by atoms with E-state index in [0.717, 1.165) is 37.5 Å². The van der Waals surface area contributed by atoms with Crippen molar-refractivity contribution in [1.82, 2.24) is 16.0 Å². The van der Waals surface area contributed by atoms with Gasteiger partial charge in [0.05, 0.1) is 7.11 Å². The molecule has 1 aromatic rings. The molecule has 0 radical (unpaired) electrons. The minimum absolute atomic E-state index is 0.176. The summed E-state index contributed by atoms with van der Waals surface area (Å²) < 4.78 is 5.41. The third-order valence-corrected chi connectivity index (χ3v) is 4.10. The van der Waals surface area contributed by atoms with Crippen LogP contribution < -0.4 is 20.7 Å². The molecule has 6 nitrogen and oxygen atoms in total. The van der Waals surface area contributed by atoms with Crippen LogP contribution in [-0.2, 0) is 11.2 Å². The predicted molar refractivity (Wildman–Crippen MR) is 101 cm³/mol. The number of benzene rings is 1. The Morgan fingerprint density at radius 1 is 1.24 bits per heavy atom. The maximum Gasteiger partial charge on any atom is 0.223 e. The Kier molecular flexibility index (Phi) is 7.57. The summed E-state index contributed by atoms with van der Waals surface area (Å²) in [6, 6.07) is 6.19. The molecule has 138 valence electrons. The molecule has 0 atom stereocenters. The van der Waals surface area contributed by atoms with Gasteiger partial charge in [0.2, 0.25) is 5.91 Å². The van der Waals surface area contributed by atoms with E-state index < -0.39 is 0 Å². The van der Waals surface area contributed by atoms with E-state index in [1.165, 1.54) is 11.1 Å². The molecule has 1 fully saturated rings. The minimum atomic E-state index is 0.176. The third kappa shape index (κ3) is 6.64. The summed E-state index contributed by atoms with van der Waals surface area (Å²) >= 11 is 0. The van der Waals surface area contributed by atoms with Gasteiger partial charge < -0.3 is 20.7 Å². The van der Waals surface area contributed by atoms with Gasteiger partial charge in [-0.05, 0) is 44.7 Å². The van der Waals surface area contributed by atoms with Gasteiger partial charge in [-0.1, -0.05) is 17.7 Å². The van der Waals surface area contributed by atoms with Crippen molar-refractivity contribution in [2.24, 2.45) is 10.9 Å². The van der Waals surface area contributed by atoms with Gasteiger partial charge in [0.1, 0.15) is 5.75 Å². The number of hydrogen-bond donors (Lipinski definition) is 3. The van der Waals surface area contributed by atoms with Crippen molar-refractivity contribution in [2.45, 2.75) is 33.1 Å². The van der Waals surface area contributed by atoms with E-state index in [1.807, 2.05) is 19.1 Å². The molecule has 0 spiro atoms. The number of methoxy groups -OCH3 is 1. The number of rotatable bonds is 9. The van der Waals surface area contributed by atoms with Gasteiger partial charge in [-0.15, -0.1) is 0 Å². The number of carbonyl (C=O) groups is 1. The Morgan fingerprint density at radius 2 is 2.00 bits per heavy atom. The highest BCUT2D eigenvalue weighted by Gasteiger charge is 2.28. The van der Waals surface area contributed by atoms with E-state index in [2.05, 4.69) is 33.9 Å². The summed E-state index contributed by atoms with van der Waals surface area (Å²) in [5, 5.41) is 9.43. The summed E-state index contributed by atoms with van der Waals surface area (Å²) in [5.74, 6) is 2.11. The van der Waals surface area contributed by atoms with Gasteiger partial charge >= 0.3 is 0 Å². The molecule has 0 aliphatic heterocycles. The number of aryl methyl sites for hydroxylation is 1. The molecule has 0 heterocycles. The predicted octanol–water partition coefficient (Wildman–Crippen LogP) is 1.63. The molecule has 0 unspecified atom stereocenters. The summed E-state index contributed by atoms with van der Waals surface area (Å²) in [7, 11) is 1.69. The van der Waals surface area contributed by atoms with Crippen LogP contribution in [-0.4, -0.2) is 45.2 Å². The average molecular weight is 346 g/mol. The van der Waals surface area contributed by atoms with E-state index >= 15 is 0 Å². The van der Waals surface area contributed by atoms with Crippen LogP contribution in [0.25, 0.3) is 0 Å². The lowest BCUT2D eigenvalue weighted by molar-refractivity contribution is -0.122. The molecule has 6 heteroatoms. The molecule has 0 bridgehead atoms. The number of nitrogens with zero attached hydrogens (tertiary/aromatic N) is 1. The van der Waals surface area contributed by atoms with Crippen LogP contribution >= 0.6 is 0 Å². The van der Waals surface area contributed by atoms with Gasteiger partial charge in [0.25, 0.3) is 0 Å². The first kappa shape index (κ1) is 19.1. The average Bonchev–Trinajstić information content (AvgIpc) is 3.43. The van der Waals surface area contributed by atoms with Crippen molar-refractivity contribution < 1.29 is 9.53 Å². The maximum absolute atomic E-state index is 11.6. The summed E-state index contributed by atoms with van der Waals surface area (Å²) in [4.78, 5) is 16.2. The number of amides is 1. The van der Waals surface area contributed by atoms with Gasteiger partial charge in [-0.3, -0.25) is 9.79 Å². The van der Waals surface area contributed by atoms with E-state index in [-0.39, 0.29) is 11.8 Å². The largest absolute Gasteiger partial charge is 0.496 e. The number of guanidine groups is 1. The van der Waals surface area contributed by atoms with Crippen molar-refractivity contribution in [2.75, 3.05) is 33.3 Å². The fourth-order valence-electron chi connectivity index (χ4n) is 2.59. The number of nitrogens with one attached hydrogen (secondary N) is 3. The monoisotopic (exact) mass is 346 g/mol. The Hall–Kier alpha value is -2.24. The molecule has 0 saturated heterocycles. The molecule has 2 rings (SSSR count). The van der Waals surface area contributed by atoms with E-state index in [9.17, 15) is 4.79 Å². The quantitative estimate of drug-likeness (QED) is 0.361. The van der Waals surface area contributed by atoms with Crippen molar-refractivity contribution in [3.8, 4) is 5.75 Å². The second-order valence-electron chi connectivity index (χ2n) is 6.32. The van der Waals surface area contributed by atoms with Crippen LogP contribution in [0.1, 0.15) is 30.9 Å². The number of hydrogen-bond acceptors (Lipinski definition) is 3. The summed E-state index contributed by atoms with van der Waals surface area (Å²) in [5.41, 5.74) is 2.38. The van der Waals surface area contributed by atoms with Crippen LogP contribution in [0.4, 0.5) is 0 Å². The van der Waals surface area contributed by atoms with Crippen molar-refractivity contribution in [3.05, 3.63) is 29.3 Å². The van der Waals surface area contributed by atoms with Crippen LogP contribution in [0.5, 0.6) is 5.75 Å². The second-order valence-corrected chi connectivity index (χ2v) is 6.32. The SMILES string of the molecule is CCNC(=NCCc1cc(C)ccc1OC)NCCNC(=O)C1CC1. The topological polar surface area (TPSA) is 74.8 Å². The lowest BCUT2D eigenvalue weighted by Crippen LogP contribution is -2.41. The zero-order valence-electron chi connectivity index (χ0n) is 15.5. The summed E-state index contributed by atoms with van der Waals surface area (Å²) in [6.45, 7) is 6.87. The normalized spacial score (nSPS) is 14.1. The lowest BCUT2D eigenvalue weighted by atomic mass is 10.1. The van der Waals surface area contributed by atoms with Gasteiger partial charge in [0.15, 0.2) is 5.96 Å². The minimum Gasteiger partial charge on any atom is -0.496 e. The zero-order chi connectivity index (χ0) is 18.1. The van der Waals surface area contributed by atoms with Crippen LogP contribution in [0.2, 0.25) is 0 Å². The molecular weight excluding hydrogens is 316 g/mol. The maximum atomic E-state index is 11.6. The number of carbonyl (C=O) groups excluding carboxylic acids is 1. The molecule has 1 aromatic carbocycles. The smallest absolute Gasteiger partial charge is 0.223 e. The molecule has 25 heavy (non-hydrogen) atoms. The van der Waals surface area contributed by atoms with Crippen LogP contribution in [0.15, 0.2) is 23.2 Å². The van der Waals surface area contributed by atoms with E-state index in [0.29, 0.717) is 19.6 Å². The fourth-order valence-corrected chi connectivity index (χ4v) is 2.59. The number of aliphatic imine (C=N–C) groups is 1. The molecule has 1 amide bonds. The van der Waals surface area contributed by atoms with E-state index in [4.69, 9.17) is 4.74 Å². The van der Waals surface area contributed by atoms with E-state index in [1.54, 1.807) is 7.11 Å². The molecule has 1 aliphatic rings. The first-order chi connectivity index (χ1) is 12.1. The fraction of sp³-hybridized carbons (Fsp3) is 0.579. The molecule has 3 N–H and O–H groups in total. The number of ether oxygens (including phenoxy) is 1. The highest BCUT2D eigenvalue weighted by atomic mass is 16.5. The molecule has 1 saturated carbocycles. The standard InChI is InChI=1S/C19H30N4O2/c1-4-20-19(23-12-11-21-18(24)15-6-7-15)22-10-9-16-13-14(2)5-8-17(16)25-3/h5,8,13,15H,4,6-7,9-12H2,1-3H3,(H,21,24)(H2,20,22,23). The molecule has 0 aromatic heterocycles. The lowest BCUT2D eigenvalue weighted by Gasteiger charge is -2.12. The first-order valence-electron chi connectivity index (χ1n) is 9.07. The molecular formula is C19H30N4O2. The van der Waals surface area contributed by atoms with Crippen molar-refractivity contribution in [1.29, 1.82) is 0 Å². The first-order valence-corrected chi connectivity index (χ1v) is 9.07. The third-order valence-electron chi connectivity index (χ3n) is 4.10. The zero-order valence-corrected chi connectivity index (χ0v) is 15.5. The van der Waals surface area contributed by atoms with Gasteiger partial charge in [-0.2, -0.15) is 0 Å². The summed E-state index contributed by atoms with van der Waals surface area (Å²) in [6.07, 6.45) is 2.89. The Bertz CT molecular complexity index is 597. The highest BCUT2D eigenvalue weighted by Crippen LogP contribution is 2.28. The van der Waals surface area contributed by atoms with Crippen molar-refractivity contribution in [3.63, 3.8) is 0 Å². The van der Waals surface area contributed by atoms with Crippen LogP contribution in [0.3, 0.4) is 0 Å². The second kappa shape index (κ2) is 9.91. The Balaban J connectivity index is 1.78. The van der Waals surface area contributed by atoms with Gasteiger partial charge in [-0.25, -0.2) is 0 Å². The molecule has 1 aliphatic carbocycles. The highest BCUT2D eigenvalue weighted by molar-refractivity contribution is 5.81. The Morgan fingerprint density at radius 3 is 2.68 bits per heavy atom. The van der Waals surface area contributed by atoms with Gasteiger partial charge in [0, 0.05) is 32.1 Å². The van der Waals surface area contributed by atoms with Crippen molar-refractivity contribution >= 4 is 11.9 Å².